The summed E-state index contributed by atoms with van der Waals surface area (Å²) in [6.07, 6.45) is 3.45. The highest BCUT2D eigenvalue weighted by Crippen LogP contribution is 2.10. The third kappa shape index (κ3) is 4.21. The van der Waals surface area contributed by atoms with E-state index in [4.69, 9.17) is 5.73 Å². The van der Waals surface area contributed by atoms with Gasteiger partial charge in [-0.3, -0.25) is 0 Å². The molecule has 2 rings (SSSR count). The summed E-state index contributed by atoms with van der Waals surface area (Å²) < 4.78 is 0. The molecule has 2 aromatic rings. The first kappa shape index (κ1) is 13.3. The maximum Gasteiger partial charge on any atom is 0.227 e. The molecule has 3 N–H and O–H groups in total. The van der Waals surface area contributed by atoms with Crippen LogP contribution in [0, 0.1) is 6.92 Å². The number of hydrogen-bond donors (Lipinski definition) is 2. The highest BCUT2D eigenvalue weighted by Gasteiger charge is 2.05. The number of benzene rings is 1. The lowest BCUT2D eigenvalue weighted by molar-refractivity contribution is 0.697. The van der Waals surface area contributed by atoms with Crippen LogP contribution in [0.15, 0.2) is 30.6 Å². The molecule has 0 bridgehead atoms. The van der Waals surface area contributed by atoms with Gasteiger partial charge in [0.15, 0.2) is 0 Å². The third-order valence-corrected chi connectivity index (χ3v) is 2.91. The topological polar surface area (TPSA) is 76.7 Å². The molecule has 1 heterocycles. The maximum absolute atomic E-state index is 5.51. The van der Waals surface area contributed by atoms with E-state index in [1.165, 1.54) is 17.5 Å². The predicted octanol–water partition coefficient (Wildman–Crippen LogP) is 2.20. The molecule has 0 aliphatic carbocycles. The lowest BCUT2D eigenvalue weighted by Crippen LogP contribution is -2.18. The van der Waals surface area contributed by atoms with Crippen molar-refractivity contribution >= 4 is 11.9 Å². The smallest absolute Gasteiger partial charge is 0.227 e. The lowest BCUT2D eigenvalue weighted by atomic mass is 10.0. The molecular weight excluding hydrogens is 238 g/mol. The molecule has 0 fully saturated rings. The zero-order valence-electron chi connectivity index (χ0n) is 11.3. The van der Waals surface area contributed by atoms with Gasteiger partial charge in [-0.15, -0.1) is 0 Å². The molecule has 0 radical (unpaired) electrons. The fourth-order valence-electron chi connectivity index (χ4n) is 1.92. The molecule has 0 aliphatic heterocycles. The molecule has 5 nitrogen and oxygen atoms in total. The van der Waals surface area contributed by atoms with Gasteiger partial charge in [0.05, 0.1) is 0 Å². The van der Waals surface area contributed by atoms with Gasteiger partial charge < -0.3 is 11.1 Å². The Morgan fingerprint density at radius 1 is 1.32 bits per heavy atom. The van der Waals surface area contributed by atoms with Gasteiger partial charge in [0.1, 0.15) is 6.33 Å². The largest absolute Gasteiger partial charge is 0.368 e. The first-order valence-electron chi connectivity index (χ1n) is 6.40. The monoisotopic (exact) mass is 257 g/mol. The molecule has 1 unspecified atom stereocenters. The summed E-state index contributed by atoms with van der Waals surface area (Å²) in [5, 5.41) is 3.23. The fourth-order valence-corrected chi connectivity index (χ4v) is 1.92. The standard InChI is InChI=1S/C14H19N5/c1-10-4-3-5-12(8-10)7-6-11(2)18-14-17-9-16-13(15)19-14/h3-5,8-9,11H,6-7H2,1-2H3,(H3,15,16,17,18,19). The average molecular weight is 257 g/mol. The zero-order valence-corrected chi connectivity index (χ0v) is 11.3. The van der Waals surface area contributed by atoms with Crippen LogP contribution in [-0.2, 0) is 6.42 Å². The fraction of sp³-hybridized carbons (Fsp3) is 0.357. The van der Waals surface area contributed by atoms with Crippen molar-refractivity contribution in [2.75, 3.05) is 11.1 Å². The van der Waals surface area contributed by atoms with Crippen molar-refractivity contribution in [1.82, 2.24) is 15.0 Å². The Morgan fingerprint density at radius 2 is 2.16 bits per heavy atom. The van der Waals surface area contributed by atoms with E-state index in [-0.39, 0.29) is 12.0 Å². The van der Waals surface area contributed by atoms with Crippen molar-refractivity contribution in [3.05, 3.63) is 41.7 Å². The predicted molar refractivity (Wildman–Crippen MR) is 76.8 cm³/mol. The molecule has 0 spiro atoms. The van der Waals surface area contributed by atoms with Gasteiger partial charge in [-0.1, -0.05) is 29.8 Å². The Labute approximate surface area is 113 Å². The van der Waals surface area contributed by atoms with Gasteiger partial charge in [0.25, 0.3) is 0 Å². The summed E-state index contributed by atoms with van der Waals surface area (Å²) in [6.45, 7) is 4.22. The molecule has 1 aromatic heterocycles. The summed E-state index contributed by atoms with van der Waals surface area (Å²) in [6, 6.07) is 8.85. The van der Waals surface area contributed by atoms with Gasteiger partial charge >= 0.3 is 0 Å². The lowest BCUT2D eigenvalue weighted by Gasteiger charge is -2.13. The first-order valence-corrected chi connectivity index (χ1v) is 6.40. The quantitative estimate of drug-likeness (QED) is 0.858. The minimum absolute atomic E-state index is 0.239. The summed E-state index contributed by atoms with van der Waals surface area (Å²) in [5.74, 6) is 0.771. The highest BCUT2D eigenvalue weighted by atomic mass is 15.2. The molecule has 0 aliphatic rings. The Balaban J connectivity index is 1.86. The van der Waals surface area contributed by atoms with E-state index in [9.17, 15) is 0 Å². The Kier molecular flexibility index (Phi) is 4.28. The normalized spacial score (nSPS) is 12.1. The Hall–Kier alpha value is -2.17. The van der Waals surface area contributed by atoms with E-state index in [2.05, 4.69) is 58.4 Å². The number of nitrogen functional groups attached to an aromatic ring is 1. The van der Waals surface area contributed by atoms with E-state index in [1.807, 2.05) is 0 Å². The van der Waals surface area contributed by atoms with E-state index in [1.54, 1.807) is 0 Å². The van der Waals surface area contributed by atoms with E-state index < -0.39 is 0 Å². The van der Waals surface area contributed by atoms with Gasteiger partial charge in [-0.05, 0) is 32.3 Å². The molecule has 0 saturated carbocycles. The second-order valence-electron chi connectivity index (χ2n) is 4.74. The Morgan fingerprint density at radius 3 is 2.89 bits per heavy atom. The van der Waals surface area contributed by atoms with Crippen LogP contribution in [0.4, 0.5) is 11.9 Å². The van der Waals surface area contributed by atoms with Crippen molar-refractivity contribution in [3.8, 4) is 0 Å². The second kappa shape index (κ2) is 6.13. The summed E-state index contributed by atoms with van der Waals surface area (Å²) in [4.78, 5) is 11.8. The van der Waals surface area contributed by atoms with Crippen LogP contribution in [0.2, 0.25) is 0 Å². The van der Waals surface area contributed by atoms with Crippen LogP contribution in [0.5, 0.6) is 0 Å². The van der Waals surface area contributed by atoms with Crippen LogP contribution in [0.3, 0.4) is 0 Å². The summed E-state index contributed by atoms with van der Waals surface area (Å²) in [7, 11) is 0. The molecular formula is C14H19N5. The van der Waals surface area contributed by atoms with Gasteiger partial charge in [-0.25, -0.2) is 9.97 Å². The Bertz CT molecular complexity index is 541. The molecule has 0 amide bonds. The average Bonchev–Trinajstić information content (AvgIpc) is 2.36. The van der Waals surface area contributed by atoms with Gasteiger partial charge in [0.2, 0.25) is 11.9 Å². The van der Waals surface area contributed by atoms with E-state index in [0.29, 0.717) is 5.95 Å². The molecule has 1 aromatic carbocycles. The SMILES string of the molecule is Cc1cccc(CCC(C)Nc2ncnc(N)n2)c1. The van der Waals surface area contributed by atoms with Crippen LogP contribution in [0.25, 0.3) is 0 Å². The van der Waals surface area contributed by atoms with E-state index >= 15 is 0 Å². The van der Waals surface area contributed by atoms with Crippen LogP contribution in [-0.4, -0.2) is 21.0 Å². The zero-order chi connectivity index (χ0) is 13.7. The van der Waals surface area contributed by atoms with Gasteiger partial charge in [0, 0.05) is 6.04 Å². The van der Waals surface area contributed by atoms with Crippen molar-refractivity contribution in [1.29, 1.82) is 0 Å². The van der Waals surface area contributed by atoms with Gasteiger partial charge in [-0.2, -0.15) is 4.98 Å². The number of rotatable bonds is 5. The second-order valence-corrected chi connectivity index (χ2v) is 4.74. The van der Waals surface area contributed by atoms with Crippen LogP contribution < -0.4 is 11.1 Å². The summed E-state index contributed by atoms with van der Waals surface area (Å²) >= 11 is 0. The van der Waals surface area contributed by atoms with Crippen LogP contribution in [0.1, 0.15) is 24.5 Å². The maximum atomic E-state index is 5.51. The molecule has 100 valence electrons. The number of anilines is 2. The van der Waals surface area contributed by atoms with Crippen molar-refractivity contribution in [2.45, 2.75) is 32.7 Å². The number of nitrogens with two attached hydrogens (primary N) is 1. The first-order chi connectivity index (χ1) is 9.13. The number of aryl methyl sites for hydroxylation is 2. The number of hydrogen-bond acceptors (Lipinski definition) is 5. The summed E-state index contributed by atoms with van der Waals surface area (Å²) in [5.41, 5.74) is 8.16. The molecule has 5 heteroatoms. The number of nitrogens with one attached hydrogen (secondary N) is 1. The van der Waals surface area contributed by atoms with Crippen LogP contribution >= 0.6 is 0 Å². The number of aromatic nitrogens is 3. The molecule has 1 atom stereocenters. The van der Waals surface area contributed by atoms with Crippen molar-refractivity contribution in [3.63, 3.8) is 0 Å². The van der Waals surface area contributed by atoms with Crippen molar-refractivity contribution < 1.29 is 0 Å². The number of nitrogens with zero attached hydrogens (tertiary/aromatic N) is 3. The molecule has 19 heavy (non-hydrogen) atoms. The third-order valence-electron chi connectivity index (χ3n) is 2.91. The minimum Gasteiger partial charge on any atom is -0.368 e. The van der Waals surface area contributed by atoms with Crippen molar-refractivity contribution in [2.24, 2.45) is 0 Å². The molecule has 0 saturated heterocycles. The highest BCUT2D eigenvalue weighted by molar-refractivity contribution is 5.30. The minimum atomic E-state index is 0.239. The van der Waals surface area contributed by atoms with E-state index in [0.717, 1.165) is 12.8 Å².